The Labute approximate surface area is 143 Å². The van der Waals surface area contributed by atoms with E-state index < -0.39 is 0 Å². The summed E-state index contributed by atoms with van der Waals surface area (Å²) in [6.45, 7) is 3.48. The summed E-state index contributed by atoms with van der Waals surface area (Å²) in [7, 11) is 1.60. The summed E-state index contributed by atoms with van der Waals surface area (Å²) < 4.78 is 6.30. The van der Waals surface area contributed by atoms with Gasteiger partial charge in [-0.25, -0.2) is 4.98 Å². The van der Waals surface area contributed by atoms with Crippen LogP contribution in [0.3, 0.4) is 0 Å². The van der Waals surface area contributed by atoms with Crippen LogP contribution in [0.4, 0.5) is 5.13 Å². The Morgan fingerprint density at radius 1 is 1.08 bits per heavy atom. The Morgan fingerprint density at radius 2 is 1.75 bits per heavy atom. The van der Waals surface area contributed by atoms with E-state index in [2.05, 4.69) is 10.3 Å². The number of Topliss-reactive ketones (excluding diaryl/α,β-unsaturated/α-hetero) is 1. The molecule has 1 heterocycles. The van der Waals surface area contributed by atoms with Gasteiger partial charge in [0.05, 0.1) is 11.8 Å². The van der Waals surface area contributed by atoms with E-state index in [9.17, 15) is 9.59 Å². The molecule has 0 bridgehead atoms. The van der Waals surface area contributed by atoms with Gasteiger partial charge in [-0.3, -0.25) is 14.9 Å². The molecule has 0 aliphatic heterocycles. The molecule has 0 spiro atoms. The van der Waals surface area contributed by atoms with Gasteiger partial charge in [-0.15, -0.1) is 0 Å². The lowest BCUT2D eigenvalue weighted by atomic mass is 10.1. The normalized spacial score (nSPS) is 10.6. The van der Waals surface area contributed by atoms with Crippen molar-refractivity contribution in [1.29, 1.82) is 0 Å². The van der Waals surface area contributed by atoms with Crippen molar-refractivity contribution in [2.75, 3.05) is 12.4 Å². The summed E-state index contributed by atoms with van der Waals surface area (Å²) in [4.78, 5) is 28.1. The Hall–Kier alpha value is -2.73. The zero-order valence-corrected chi connectivity index (χ0v) is 14.4. The van der Waals surface area contributed by atoms with Crippen molar-refractivity contribution in [2.45, 2.75) is 13.8 Å². The molecule has 1 amide bonds. The number of fused-ring (bicyclic) bond motifs is 1. The molecule has 3 rings (SSSR count). The number of benzene rings is 2. The third-order valence-electron chi connectivity index (χ3n) is 3.70. The molecular weight excluding hydrogens is 324 g/mol. The topological polar surface area (TPSA) is 68.3 Å². The van der Waals surface area contributed by atoms with Gasteiger partial charge in [0, 0.05) is 11.1 Å². The van der Waals surface area contributed by atoms with Crippen LogP contribution in [0.1, 0.15) is 33.2 Å². The van der Waals surface area contributed by atoms with E-state index in [1.165, 1.54) is 18.3 Å². The standard InChI is InChI=1S/C18H16N2O3S/c1-10-4-9-14(23-3)15-16(10)24-18(19-15)20-17(22)13-7-5-12(6-8-13)11(2)21/h4-9H,1-3H3,(H,19,20,22). The van der Waals surface area contributed by atoms with Gasteiger partial charge >= 0.3 is 0 Å². The molecular formula is C18H16N2O3S. The number of hydrogen-bond acceptors (Lipinski definition) is 5. The van der Waals surface area contributed by atoms with Crippen molar-refractivity contribution in [2.24, 2.45) is 0 Å². The van der Waals surface area contributed by atoms with Gasteiger partial charge in [0.25, 0.3) is 5.91 Å². The van der Waals surface area contributed by atoms with Gasteiger partial charge in [-0.2, -0.15) is 0 Å². The van der Waals surface area contributed by atoms with Crippen LogP contribution < -0.4 is 10.1 Å². The smallest absolute Gasteiger partial charge is 0.257 e. The second-order valence-corrected chi connectivity index (χ2v) is 6.37. The predicted molar refractivity (Wildman–Crippen MR) is 95.3 cm³/mol. The number of nitrogens with zero attached hydrogens (tertiary/aromatic N) is 1. The number of rotatable bonds is 4. The zero-order chi connectivity index (χ0) is 17.3. The van der Waals surface area contributed by atoms with Crippen LogP contribution in [-0.2, 0) is 0 Å². The van der Waals surface area contributed by atoms with Crippen molar-refractivity contribution in [1.82, 2.24) is 4.98 Å². The minimum atomic E-state index is -0.263. The number of aryl methyl sites for hydroxylation is 1. The second-order valence-electron chi connectivity index (χ2n) is 5.37. The van der Waals surface area contributed by atoms with E-state index in [0.717, 1.165) is 15.8 Å². The molecule has 0 atom stereocenters. The van der Waals surface area contributed by atoms with Crippen LogP contribution in [0.5, 0.6) is 5.75 Å². The van der Waals surface area contributed by atoms with E-state index in [-0.39, 0.29) is 11.7 Å². The number of aromatic nitrogens is 1. The summed E-state index contributed by atoms with van der Waals surface area (Å²) >= 11 is 1.41. The van der Waals surface area contributed by atoms with Crippen molar-refractivity contribution >= 4 is 38.4 Å². The van der Waals surface area contributed by atoms with Crippen molar-refractivity contribution < 1.29 is 14.3 Å². The molecule has 0 aliphatic rings. The predicted octanol–water partition coefficient (Wildman–Crippen LogP) is 4.07. The van der Waals surface area contributed by atoms with Gasteiger partial charge < -0.3 is 4.74 Å². The first kappa shape index (κ1) is 16.1. The molecule has 0 fully saturated rings. The van der Waals surface area contributed by atoms with Crippen molar-refractivity contribution in [3.8, 4) is 5.75 Å². The van der Waals surface area contributed by atoms with E-state index in [4.69, 9.17) is 4.74 Å². The van der Waals surface area contributed by atoms with Gasteiger partial charge in [0.15, 0.2) is 10.9 Å². The third kappa shape index (κ3) is 3.00. The highest BCUT2D eigenvalue weighted by molar-refractivity contribution is 7.22. The molecule has 1 aromatic heterocycles. The molecule has 0 unspecified atom stereocenters. The number of anilines is 1. The number of ketones is 1. The summed E-state index contributed by atoms with van der Waals surface area (Å²) in [5.41, 5.74) is 2.87. The summed E-state index contributed by atoms with van der Waals surface area (Å²) in [5, 5.41) is 3.32. The van der Waals surface area contributed by atoms with E-state index in [0.29, 0.717) is 22.0 Å². The molecule has 24 heavy (non-hydrogen) atoms. The quantitative estimate of drug-likeness (QED) is 0.727. The number of carbonyl (C=O) groups excluding carboxylic acids is 2. The molecule has 1 N–H and O–H groups in total. The van der Waals surface area contributed by atoms with E-state index >= 15 is 0 Å². The first-order valence-corrected chi connectivity index (χ1v) is 8.17. The van der Waals surface area contributed by atoms with Gasteiger partial charge in [0.1, 0.15) is 11.3 Å². The number of nitrogens with one attached hydrogen (secondary N) is 1. The monoisotopic (exact) mass is 340 g/mol. The highest BCUT2D eigenvalue weighted by atomic mass is 32.1. The maximum atomic E-state index is 12.4. The molecule has 6 heteroatoms. The lowest BCUT2D eigenvalue weighted by molar-refractivity contribution is 0.101. The number of ether oxygens (including phenoxy) is 1. The molecule has 2 aromatic carbocycles. The minimum Gasteiger partial charge on any atom is -0.494 e. The first-order valence-electron chi connectivity index (χ1n) is 7.36. The van der Waals surface area contributed by atoms with Crippen LogP contribution in [-0.4, -0.2) is 23.8 Å². The highest BCUT2D eigenvalue weighted by Crippen LogP contribution is 2.34. The fourth-order valence-electron chi connectivity index (χ4n) is 2.35. The van der Waals surface area contributed by atoms with E-state index in [1.807, 2.05) is 19.1 Å². The van der Waals surface area contributed by atoms with Crippen LogP contribution in [0.25, 0.3) is 10.2 Å². The zero-order valence-electron chi connectivity index (χ0n) is 13.5. The molecule has 0 saturated heterocycles. The van der Waals surface area contributed by atoms with Crippen LogP contribution in [0.15, 0.2) is 36.4 Å². The lowest BCUT2D eigenvalue weighted by Crippen LogP contribution is -2.11. The summed E-state index contributed by atoms with van der Waals surface area (Å²) in [6, 6.07) is 10.4. The second kappa shape index (κ2) is 6.41. The number of amides is 1. The summed E-state index contributed by atoms with van der Waals surface area (Å²) in [5.74, 6) is 0.384. The summed E-state index contributed by atoms with van der Waals surface area (Å²) in [6.07, 6.45) is 0. The van der Waals surface area contributed by atoms with E-state index in [1.54, 1.807) is 31.4 Å². The minimum absolute atomic E-state index is 0.0318. The van der Waals surface area contributed by atoms with Crippen LogP contribution in [0, 0.1) is 6.92 Å². The SMILES string of the molecule is COc1ccc(C)c2sc(NC(=O)c3ccc(C(C)=O)cc3)nc12. The third-order valence-corrected chi connectivity index (χ3v) is 4.80. The Bertz CT molecular complexity index is 929. The average molecular weight is 340 g/mol. The average Bonchev–Trinajstić information content (AvgIpc) is 3.00. The van der Waals surface area contributed by atoms with Gasteiger partial charge in [-0.05, 0) is 37.6 Å². The molecule has 5 nitrogen and oxygen atoms in total. The largest absolute Gasteiger partial charge is 0.494 e. The van der Waals surface area contributed by atoms with Crippen LogP contribution >= 0.6 is 11.3 Å². The lowest BCUT2D eigenvalue weighted by Gasteiger charge is -2.02. The maximum absolute atomic E-state index is 12.4. The molecule has 3 aromatic rings. The molecule has 122 valence electrons. The van der Waals surface area contributed by atoms with Gasteiger partial charge in [0.2, 0.25) is 0 Å². The van der Waals surface area contributed by atoms with Crippen LogP contribution in [0.2, 0.25) is 0 Å². The van der Waals surface area contributed by atoms with Gasteiger partial charge in [-0.1, -0.05) is 29.5 Å². The number of carbonyl (C=O) groups is 2. The van der Waals surface area contributed by atoms with Crippen molar-refractivity contribution in [3.63, 3.8) is 0 Å². The number of thiazole rings is 1. The molecule has 0 saturated carbocycles. The molecule has 0 radical (unpaired) electrons. The molecule has 0 aliphatic carbocycles. The van der Waals surface area contributed by atoms with Crippen molar-refractivity contribution in [3.05, 3.63) is 53.1 Å². The Morgan fingerprint density at radius 3 is 2.38 bits per heavy atom. The first-order chi connectivity index (χ1) is 11.5. The Kier molecular flexibility index (Phi) is 4.31. The maximum Gasteiger partial charge on any atom is 0.257 e. The number of methoxy groups -OCH3 is 1. The number of hydrogen-bond donors (Lipinski definition) is 1. The fraction of sp³-hybridized carbons (Fsp3) is 0.167. The fourth-order valence-corrected chi connectivity index (χ4v) is 3.30. The Balaban J connectivity index is 1.88. The highest BCUT2D eigenvalue weighted by Gasteiger charge is 2.14.